The van der Waals surface area contributed by atoms with Crippen LogP contribution in [-0.4, -0.2) is 83.7 Å². The van der Waals surface area contributed by atoms with E-state index in [1.807, 2.05) is 30.3 Å². The molecule has 0 bridgehead atoms. The third-order valence-electron chi connectivity index (χ3n) is 7.17. The number of morpholine rings is 1. The highest BCUT2D eigenvalue weighted by molar-refractivity contribution is 6.05. The number of ether oxygens (including phenoxy) is 3. The number of carbonyl (C=O) groups is 5. The largest absolute Gasteiger partial charge is 0.459 e. The molecule has 1 aromatic heterocycles. The molecule has 4 aromatic rings. The van der Waals surface area contributed by atoms with Crippen LogP contribution in [0.3, 0.4) is 0 Å². The molecule has 2 atom stereocenters. The van der Waals surface area contributed by atoms with Gasteiger partial charge in [0.2, 0.25) is 6.10 Å². The Bertz CT molecular complexity index is 1850. The molecule has 3 aromatic carbocycles. The minimum atomic E-state index is -1.65. The molecule has 1 fully saturated rings. The molecule has 0 radical (unpaired) electrons. The number of amides is 3. The van der Waals surface area contributed by atoms with E-state index in [9.17, 15) is 28.8 Å². The number of hydrogen-bond donors (Lipinski definition) is 2. The molecule has 1 aliphatic rings. The zero-order valence-electron chi connectivity index (χ0n) is 25.9. The van der Waals surface area contributed by atoms with Crippen LogP contribution in [0.15, 0.2) is 88.2 Å². The van der Waals surface area contributed by atoms with Gasteiger partial charge >= 0.3 is 17.7 Å². The van der Waals surface area contributed by atoms with Gasteiger partial charge in [-0.25, -0.2) is 4.79 Å². The van der Waals surface area contributed by atoms with Crippen LogP contribution in [0.4, 0.5) is 11.4 Å². The Kier molecular flexibility index (Phi) is 10.4. The lowest BCUT2D eigenvalue weighted by molar-refractivity contribution is -0.167. The Hall–Kier alpha value is -6.09. The molecule has 48 heavy (non-hydrogen) atoms. The fourth-order valence-electron chi connectivity index (χ4n) is 4.87. The first kappa shape index (κ1) is 33.3. The number of anilines is 2. The van der Waals surface area contributed by atoms with Crippen LogP contribution in [-0.2, 0) is 40.0 Å². The highest BCUT2D eigenvalue weighted by atomic mass is 16.6. The van der Waals surface area contributed by atoms with Crippen molar-refractivity contribution in [3.05, 3.63) is 101 Å². The monoisotopic (exact) mass is 657 g/mol. The van der Waals surface area contributed by atoms with E-state index in [-0.39, 0.29) is 37.7 Å². The van der Waals surface area contributed by atoms with Gasteiger partial charge in [0, 0.05) is 43.0 Å². The van der Waals surface area contributed by atoms with Crippen LogP contribution >= 0.6 is 0 Å². The van der Waals surface area contributed by atoms with Gasteiger partial charge in [0.05, 0.1) is 6.61 Å². The van der Waals surface area contributed by atoms with Gasteiger partial charge in [-0.05, 0) is 48.0 Å². The zero-order chi connectivity index (χ0) is 34.2. The van der Waals surface area contributed by atoms with Gasteiger partial charge in [-0.3, -0.25) is 33.5 Å². The van der Waals surface area contributed by atoms with E-state index in [0.717, 1.165) is 12.5 Å². The molecular formula is C33H31N5O10. The maximum Gasteiger partial charge on any atom is 0.439 e. The Morgan fingerprint density at radius 1 is 1.04 bits per heavy atom. The van der Waals surface area contributed by atoms with Crippen molar-refractivity contribution in [2.45, 2.75) is 25.7 Å². The Morgan fingerprint density at radius 2 is 1.79 bits per heavy atom. The third kappa shape index (κ3) is 8.19. The lowest BCUT2D eigenvalue weighted by Crippen LogP contribution is -2.56. The average Bonchev–Trinajstić information content (AvgIpc) is 3.53. The molecule has 0 spiro atoms. The number of esters is 2. The average molecular weight is 658 g/mol. The van der Waals surface area contributed by atoms with E-state index >= 15 is 0 Å². The predicted octanol–water partition coefficient (Wildman–Crippen LogP) is 2.15. The van der Waals surface area contributed by atoms with E-state index in [1.165, 1.54) is 35.0 Å². The maximum absolute atomic E-state index is 13.7. The summed E-state index contributed by atoms with van der Waals surface area (Å²) in [5, 5.41) is 6.21. The summed E-state index contributed by atoms with van der Waals surface area (Å²) < 4.78 is 20.7. The number of rotatable bonds is 11. The molecule has 3 amide bonds. The molecule has 1 saturated heterocycles. The quantitative estimate of drug-likeness (QED) is 0.225. The molecule has 1 aliphatic heterocycles. The number of aromatic amines is 1. The molecule has 0 unspecified atom stereocenters. The van der Waals surface area contributed by atoms with E-state index in [4.69, 9.17) is 14.2 Å². The van der Waals surface area contributed by atoms with Crippen LogP contribution in [0.1, 0.15) is 22.8 Å². The summed E-state index contributed by atoms with van der Waals surface area (Å²) in [6.45, 7) is 0.965. The van der Waals surface area contributed by atoms with Crippen LogP contribution in [0, 0.1) is 0 Å². The van der Waals surface area contributed by atoms with Gasteiger partial charge in [0.1, 0.15) is 13.2 Å². The minimum Gasteiger partial charge on any atom is -0.459 e. The Labute approximate surface area is 273 Å². The van der Waals surface area contributed by atoms with Crippen molar-refractivity contribution in [1.82, 2.24) is 15.0 Å². The third-order valence-corrected chi connectivity index (χ3v) is 7.17. The second-order valence-electron chi connectivity index (χ2n) is 10.7. The smallest absolute Gasteiger partial charge is 0.439 e. The molecule has 2 heterocycles. The fourth-order valence-corrected chi connectivity index (χ4v) is 4.87. The van der Waals surface area contributed by atoms with Crippen LogP contribution in [0.25, 0.3) is 11.4 Å². The van der Waals surface area contributed by atoms with E-state index in [0.29, 0.717) is 16.9 Å². The fraction of sp³-hybridized carbons (Fsp3) is 0.242. The molecule has 0 saturated carbocycles. The summed E-state index contributed by atoms with van der Waals surface area (Å²) in [4.78, 5) is 80.7. The molecule has 248 valence electrons. The van der Waals surface area contributed by atoms with Gasteiger partial charge in [0.25, 0.3) is 17.7 Å². The molecule has 5 rings (SSSR count). The first-order valence-electron chi connectivity index (χ1n) is 14.7. The van der Waals surface area contributed by atoms with E-state index < -0.39 is 47.6 Å². The second kappa shape index (κ2) is 15.0. The zero-order valence-corrected chi connectivity index (χ0v) is 25.9. The van der Waals surface area contributed by atoms with Crippen molar-refractivity contribution in [2.75, 3.05) is 37.0 Å². The summed E-state index contributed by atoms with van der Waals surface area (Å²) in [6.07, 6.45) is -3.15. The Balaban J connectivity index is 1.25. The number of likely N-dealkylation sites (N-methyl/N-ethyl adjacent to an activating group) is 1. The number of nitrogens with one attached hydrogen (secondary N) is 2. The summed E-state index contributed by atoms with van der Waals surface area (Å²) in [6, 6.07) is 21.5. The summed E-state index contributed by atoms with van der Waals surface area (Å²) in [7, 11) is 1.46. The van der Waals surface area contributed by atoms with Crippen LogP contribution in [0.2, 0.25) is 0 Å². The molecule has 2 N–H and O–H groups in total. The number of hydrogen-bond acceptors (Lipinski definition) is 11. The number of H-pyrrole nitrogens is 1. The van der Waals surface area contributed by atoms with Crippen LogP contribution in [0.5, 0.6) is 0 Å². The molecule has 15 heteroatoms. The number of aromatic nitrogens is 2. The van der Waals surface area contributed by atoms with Crippen molar-refractivity contribution in [3.8, 4) is 11.4 Å². The summed E-state index contributed by atoms with van der Waals surface area (Å²) in [5.41, 5.74) is 2.15. The van der Waals surface area contributed by atoms with Crippen molar-refractivity contribution in [2.24, 2.45) is 0 Å². The maximum atomic E-state index is 13.7. The highest BCUT2D eigenvalue weighted by Crippen LogP contribution is 2.24. The first-order chi connectivity index (χ1) is 23.1. The van der Waals surface area contributed by atoms with E-state index in [1.54, 1.807) is 30.3 Å². The predicted molar refractivity (Wildman–Crippen MR) is 168 cm³/mol. The lowest BCUT2D eigenvalue weighted by atomic mass is 10.1. The van der Waals surface area contributed by atoms with Crippen LogP contribution < -0.4 is 16.0 Å². The van der Waals surface area contributed by atoms with Gasteiger partial charge in [-0.2, -0.15) is 0 Å². The highest BCUT2D eigenvalue weighted by Gasteiger charge is 2.42. The lowest BCUT2D eigenvalue weighted by Gasteiger charge is -2.35. The van der Waals surface area contributed by atoms with Gasteiger partial charge in [0.15, 0.2) is 11.9 Å². The SMILES string of the molecule is CC(=O)O[C@@H](C(=O)Nc1ccc(-c2noc(=O)[nH]2)cc1)[C@H]1OCCN(c2cccc(C(=O)N(C)CC(=O)OCc3ccccc3)c2)C1=O. The van der Waals surface area contributed by atoms with Gasteiger partial charge in [-0.15, -0.1) is 0 Å². The van der Waals surface area contributed by atoms with Crippen molar-refractivity contribution in [1.29, 1.82) is 0 Å². The van der Waals surface area contributed by atoms with Gasteiger partial charge in [-0.1, -0.05) is 41.6 Å². The summed E-state index contributed by atoms with van der Waals surface area (Å²) in [5.74, 6) is -3.91. The topological polar surface area (TPSA) is 190 Å². The Morgan fingerprint density at radius 3 is 2.48 bits per heavy atom. The van der Waals surface area contributed by atoms with Crippen molar-refractivity contribution >= 4 is 41.0 Å². The molecule has 0 aliphatic carbocycles. The normalized spacial score (nSPS) is 14.9. The summed E-state index contributed by atoms with van der Waals surface area (Å²) >= 11 is 0. The number of carbonyl (C=O) groups excluding carboxylic acids is 5. The van der Waals surface area contributed by atoms with E-state index in [2.05, 4.69) is 20.0 Å². The standard InChI is InChI=1S/C33H31N5O10/c1-20(39)47-27(30(41)34-24-13-11-22(12-14-24)29-35-33(44)48-36-29)28-32(43)38(15-16-45-28)25-10-6-9-23(17-25)31(42)37(2)18-26(40)46-19-21-7-4-3-5-8-21/h3-14,17,27-28H,15-16,18-19H2,1-2H3,(H,34,41)(H,35,36,44)/t27-,28-/m1/s1. The molecular weight excluding hydrogens is 626 g/mol. The van der Waals surface area contributed by atoms with Gasteiger partial charge < -0.3 is 29.3 Å². The van der Waals surface area contributed by atoms with Crippen molar-refractivity contribution in [3.63, 3.8) is 0 Å². The first-order valence-corrected chi connectivity index (χ1v) is 14.7. The molecule has 15 nitrogen and oxygen atoms in total. The van der Waals surface area contributed by atoms with Crippen molar-refractivity contribution < 1.29 is 42.7 Å². The number of nitrogens with zero attached hydrogens (tertiary/aromatic N) is 3. The minimum absolute atomic E-state index is 0.00260. The number of benzene rings is 3. The second-order valence-corrected chi connectivity index (χ2v) is 10.7.